The van der Waals surface area contributed by atoms with Crippen LogP contribution >= 0.6 is 29.1 Å². The van der Waals surface area contributed by atoms with E-state index in [0.717, 1.165) is 6.42 Å². The van der Waals surface area contributed by atoms with Gasteiger partial charge in [-0.25, -0.2) is 0 Å². The van der Waals surface area contributed by atoms with E-state index in [2.05, 4.69) is 24.3 Å². The summed E-state index contributed by atoms with van der Waals surface area (Å²) in [4.78, 5) is 0. The molecule has 4 rings (SSSR count). The number of allylic oxidation sites excluding steroid dienone is 7. The van der Waals surface area contributed by atoms with Crippen molar-refractivity contribution in [1.29, 1.82) is 0 Å². The molecule has 0 N–H and O–H groups in total. The Morgan fingerprint density at radius 1 is 1.00 bits per heavy atom. The van der Waals surface area contributed by atoms with Crippen molar-refractivity contribution in [3.05, 3.63) is 46.6 Å². The van der Waals surface area contributed by atoms with Crippen LogP contribution in [0, 0.1) is 0 Å². The van der Waals surface area contributed by atoms with E-state index in [0.29, 0.717) is 6.10 Å². The molecular formula is C19H23Cl3OZn. The molecule has 1 atom stereocenters. The Balaban J connectivity index is 0.000000383. The Hall–Kier alpha value is 0.123. The summed E-state index contributed by atoms with van der Waals surface area (Å²) >= 11 is -2.21. The molecule has 24 heavy (non-hydrogen) atoms. The van der Waals surface area contributed by atoms with E-state index in [4.69, 9.17) is 33.5 Å². The Labute approximate surface area is 162 Å². The topological polar surface area (TPSA) is 11.3 Å². The van der Waals surface area contributed by atoms with Crippen molar-refractivity contribution in [2.75, 3.05) is 0 Å². The molecule has 5 heteroatoms. The summed E-state index contributed by atoms with van der Waals surface area (Å²) in [6, 6.07) is 0. The fraction of sp³-hybridized carbons (Fsp3) is 0.526. The SMILES string of the molecule is C1=CCC2=[O+]C3CCC(=C4CCCCC4)CC3=CC2=C1.[Cl][Zn-]([Cl])[Cl]. The first-order chi connectivity index (χ1) is 11.6. The van der Waals surface area contributed by atoms with Crippen molar-refractivity contribution in [3.63, 3.8) is 0 Å². The third-order valence-electron chi connectivity index (χ3n) is 5.16. The van der Waals surface area contributed by atoms with Gasteiger partial charge >= 0.3 is 47.8 Å². The van der Waals surface area contributed by atoms with Crippen LogP contribution in [0.2, 0.25) is 0 Å². The third kappa shape index (κ3) is 5.07. The summed E-state index contributed by atoms with van der Waals surface area (Å²) < 4.78 is 6.24. The van der Waals surface area contributed by atoms with Gasteiger partial charge in [-0.05, 0) is 50.7 Å². The predicted molar refractivity (Wildman–Crippen MR) is 100 cm³/mol. The van der Waals surface area contributed by atoms with E-state index in [1.807, 2.05) is 0 Å². The second-order valence-corrected chi connectivity index (χ2v) is 20.7. The monoisotopic (exact) mass is 436 g/mol. The summed E-state index contributed by atoms with van der Waals surface area (Å²) in [6.45, 7) is 0. The van der Waals surface area contributed by atoms with E-state index >= 15 is 0 Å². The molecule has 1 heterocycles. The first-order valence-corrected chi connectivity index (χ1v) is 20.7. The van der Waals surface area contributed by atoms with Crippen molar-refractivity contribution < 1.29 is 17.4 Å². The van der Waals surface area contributed by atoms with Gasteiger partial charge in [0.05, 0.1) is 12.0 Å². The summed E-state index contributed by atoms with van der Waals surface area (Å²) in [5, 5.41) is 0. The van der Waals surface area contributed by atoms with Gasteiger partial charge in [-0.2, -0.15) is 0 Å². The molecule has 0 spiro atoms. The fourth-order valence-corrected chi connectivity index (χ4v) is 4.03. The number of rotatable bonds is 0. The fourth-order valence-electron chi connectivity index (χ4n) is 4.03. The van der Waals surface area contributed by atoms with Crippen molar-refractivity contribution in [2.45, 2.75) is 63.9 Å². The average Bonchev–Trinajstić information content (AvgIpc) is 2.60. The molecule has 1 unspecified atom stereocenters. The molecule has 0 aromatic carbocycles. The number of hydrogen-bond acceptors (Lipinski definition) is 0. The van der Waals surface area contributed by atoms with Crippen molar-refractivity contribution >= 4 is 34.9 Å². The van der Waals surface area contributed by atoms with Gasteiger partial charge in [-0.3, -0.25) is 4.42 Å². The number of carbonyl (C=O) groups excluding carboxylic acids is 1. The Kier molecular flexibility index (Phi) is 7.22. The van der Waals surface area contributed by atoms with E-state index in [1.54, 1.807) is 11.1 Å². The number of hydrogen-bond donors (Lipinski definition) is 0. The van der Waals surface area contributed by atoms with Gasteiger partial charge in [0.2, 0.25) is 0 Å². The van der Waals surface area contributed by atoms with Gasteiger partial charge in [0, 0.05) is 12.0 Å². The summed E-state index contributed by atoms with van der Waals surface area (Å²) in [7, 11) is 15.0. The molecule has 2 fully saturated rings. The molecule has 0 amide bonds. The minimum absolute atomic E-state index is 0.363. The molecule has 0 radical (unpaired) electrons. The zero-order chi connectivity index (χ0) is 16.9. The Bertz CT molecular complexity index is 618. The van der Waals surface area contributed by atoms with Crippen molar-refractivity contribution in [2.24, 2.45) is 0 Å². The molecule has 0 aromatic rings. The third-order valence-corrected chi connectivity index (χ3v) is 5.16. The standard InChI is InChI=1S/C19H23O.3ClH.Zn/c1-2-6-14(7-3-1)15-10-11-19-17(12-15)13-16-8-4-5-9-18(16)20-19;;;;/h4-5,8,13,19H,1-3,6-7,9-12H2;3*1H;/q+1;;;;+2/p-3. The van der Waals surface area contributed by atoms with Crippen LogP contribution < -0.4 is 0 Å². The Morgan fingerprint density at radius 2 is 1.75 bits per heavy atom. The van der Waals surface area contributed by atoms with Gasteiger partial charge in [-0.1, -0.05) is 29.7 Å². The van der Waals surface area contributed by atoms with Gasteiger partial charge in [0.25, 0.3) is 6.10 Å². The molecule has 1 nitrogen and oxygen atoms in total. The molecule has 128 valence electrons. The van der Waals surface area contributed by atoms with Crippen LogP contribution in [0.1, 0.15) is 57.8 Å². The number of fused-ring (bicyclic) bond motifs is 2. The number of ketones is 1. The van der Waals surface area contributed by atoms with Gasteiger partial charge in [0.15, 0.2) is 0 Å². The van der Waals surface area contributed by atoms with Crippen LogP contribution in [0.4, 0.5) is 0 Å². The van der Waals surface area contributed by atoms with Crippen LogP contribution in [0.15, 0.2) is 46.6 Å². The van der Waals surface area contributed by atoms with E-state index in [9.17, 15) is 0 Å². The molecule has 0 saturated heterocycles. The number of halogens is 3. The van der Waals surface area contributed by atoms with Crippen LogP contribution in [-0.4, -0.2) is 11.9 Å². The van der Waals surface area contributed by atoms with Crippen molar-refractivity contribution in [1.82, 2.24) is 0 Å². The van der Waals surface area contributed by atoms with E-state index in [1.165, 1.54) is 68.3 Å². The first-order valence-electron chi connectivity index (χ1n) is 9.00. The average molecular weight is 439 g/mol. The molecule has 1 aliphatic heterocycles. The molecule has 0 aromatic heterocycles. The maximum absolute atomic E-state index is 6.24. The predicted octanol–water partition coefficient (Wildman–Crippen LogP) is 6.80. The zero-order valence-electron chi connectivity index (χ0n) is 14.0. The van der Waals surface area contributed by atoms with Gasteiger partial charge in [0.1, 0.15) is 0 Å². The van der Waals surface area contributed by atoms with Crippen LogP contribution in [0.5, 0.6) is 0 Å². The molecule has 4 aliphatic rings. The molecular weight excluding hydrogens is 416 g/mol. The van der Waals surface area contributed by atoms with Crippen LogP contribution in [0.25, 0.3) is 0 Å². The molecule has 3 aliphatic carbocycles. The normalized spacial score (nSPS) is 25.5. The van der Waals surface area contributed by atoms with Gasteiger partial charge < -0.3 is 0 Å². The molecule has 0 bridgehead atoms. The quantitative estimate of drug-likeness (QED) is 0.224. The second-order valence-electron chi connectivity index (χ2n) is 6.79. The maximum atomic E-state index is 6.24. The summed E-state index contributed by atoms with van der Waals surface area (Å²) in [6.07, 6.45) is 20.9. The van der Waals surface area contributed by atoms with E-state index < -0.39 is 13.0 Å². The zero-order valence-corrected chi connectivity index (χ0v) is 19.2. The molecule has 2 saturated carbocycles. The van der Waals surface area contributed by atoms with Gasteiger partial charge in [-0.15, -0.1) is 0 Å². The van der Waals surface area contributed by atoms with Crippen LogP contribution in [0.3, 0.4) is 0 Å². The first kappa shape index (κ1) is 18.9. The van der Waals surface area contributed by atoms with E-state index in [-0.39, 0.29) is 0 Å². The Morgan fingerprint density at radius 3 is 2.50 bits per heavy atom. The summed E-state index contributed by atoms with van der Waals surface area (Å²) in [5.41, 5.74) is 6.36. The van der Waals surface area contributed by atoms with Crippen molar-refractivity contribution in [3.8, 4) is 0 Å². The second kappa shape index (κ2) is 9.17. The minimum atomic E-state index is -2.21. The summed E-state index contributed by atoms with van der Waals surface area (Å²) in [5.74, 6) is 1.19. The van der Waals surface area contributed by atoms with Crippen LogP contribution in [-0.2, 0) is 17.4 Å².